The van der Waals surface area contributed by atoms with Crippen LogP contribution in [0.5, 0.6) is 0 Å². The van der Waals surface area contributed by atoms with Crippen LogP contribution in [-0.4, -0.2) is 28.8 Å². The van der Waals surface area contributed by atoms with Crippen LogP contribution in [0, 0.1) is 0 Å². The second-order valence-electron chi connectivity index (χ2n) is 6.70. The number of hydrogen-bond acceptors (Lipinski definition) is 3. The highest BCUT2D eigenvalue weighted by Crippen LogP contribution is 2.20. The molecule has 0 saturated carbocycles. The van der Waals surface area contributed by atoms with Gasteiger partial charge in [0.1, 0.15) is 0 Å². The Balaban J connectivity index is 1.37. The van der Waals surface area contributed by atoms with Crippen LogP contribution >= 0.6 is 11.6 Å². The zero-order valence-corrected chi connectivity index (χ0v) is 15.7. The van der Waals surface area contributed by atoms with Crippen molar-refractivity contribution in [3.63, 3.8) is 0 Å². The molecule has 0 bridgehead atoms. The molecule has 1 saturated heterocycles. The SMILES string of the molecule is O=C(NCc1ccc(N2CCCC2)cc1)c1cnn(-c2cccc(Cl)c2)c1. The Labute approximate surface area is 163 Å². The van der Waals surface area contributed by atoms with Gasteiger partial charge < -0.3 is 10.2 Å². The van der Waals surface area contributed by atoms with Gasteiger partial charge in [0.25, 0.3) is 5.91 Å². The number of nitrogens with one attached hydrogen (secondary N) is 1. The molecule has 1 fully saturated rings. The van der Waals surface area contributed by atoms with Gasteiger partial charge >= 0.3 is 0 Å². The molecule has 1 amide bonds. The van der Waals surface area contributed by atoms with Gasteiger partial charge in [0, 0.05) is 36.5 Å². The number of halogens is 1. The Morgan fingerprint density at radius 3 is 2.59 bits per heavy atom. The molecule has 2 heterocycles. The van der Waals surface area contributed by atoms with Gasteiger partial charge in [-0.1, -0.05) is 29.8 Å². The van der Waals surface area contributed by atoms with Gasteiger partial charge in [-0.15, -0.1) is 0 Å². The summed E-state index contributed by atoms with van der Waals surface area (Å²) >= 11 is 6.01. The lowest BCUT2D eigenvalue weighted by Gasteiger charge is -2.17. The van der Waals surface area contributed by atoms with E-state index in [2.05, 4.69) is 39.6 Å². The molecular weight excluding hydrogens is 360 g/mol. The third kappa shape index (κ3) is 4.14. The van der Waals surface area contributed by atoms with Crippen molar-refractivity contribution in [2.45, 2.75) is 19.4 Å². The van der Waals surface area contributed by atoms with Gasteiger partial charge in [-0.25, -0.2) is 4.68 Å². The second kappa shape index (κ2) is 7.84. The first-order valence-corrected chi connectivity index (χ1v) is 9.49. The molecule has 1 aromatic heterocycles. The fraction of sp³-hybridized carbons (Fsp3) is 0.238. The van der Waals surface area contributed by atoms with Crippen LogP contribution in [0.3, 0.4) is 0 Å². The normalized spacial score (nSPS) is 13.7. The quantitative estimate of drug-likeness (QED) is 0.726. The first-order chi connectivity index (χ1) is 13.2. The van der Waals surface area contributed by atoms with E-state index >= 15 is 0 Å². The lowest BCUT2D eigenvalue weighted by atomic mass is 10.2. The van der Waals surface area contributed by atoms with Crippen molar-refractivity contribution in [2.75, 3.05) is 18.0 Å². The van der Waals surface area contributed by atoms with Gasteiger partial charge in [-0.3, -0.25) is 4.79 Å². The van der Waals surface area contributed by atoms with Crippen molar-refractivity contribution >= 4 is 23.2 Å². The molecule has 0 radical (unpaired) electrons. The number of carbonyl (C=O) groups excluding carboxylic acids is 1. The molecule has 1 aliphatic heterocycles. The molecule has 0 atom stereocenters. The lowest BCUT2D eigenvalue weighted by molar-refractivity contribution is 0.0951. The summed E-state index contributed by atoms with van der Waals surface area (Å²) in [5.41, 5.74) is 3.67. The van der Waals surface area contributed by atoms with Crippen LogP contribution in [-0.2, 0) is 6.54 Å². The Morgan fingerprint density at radius 2 is 1.85 bits per heavy atom. The monoisotopic (exact) mass is 380 g/mol. The van der Waals surface area contributed by atoms with E-state index in [4.69, 9.17) is 11.6 Å². The predicted molar refractivity (Wildman–Crippen MR) is 108 cm³/mol. The molecule has 1 N–H and O–H groups in total. The standard InChI is InChI=1S/C21H21ClN4O/c22-18-4-3-5-20(12-18)26-15-17(14-24-26)21(27)23-13-16-6-8-19(9-7-16)25-10-1-2-11-25/h3-9,12,14-15H,1-2,10-11,13H2,(H,23,27). The maximum absolute atomic E-state index is 12.4. The molecule has 27 heavy (non-hydrogen) atoms. The first-order valence-electron chi connectivity index (χ1n) is 9.12. The number of nitrogens with zero attached hydrogens (tertiary/aromatic N) is 3. The van der Waals surface area contributed by atoms with E-state index in [-0.39, 0.29) is 5.91 Å². The van der Waals surface area contributed by atoms with E-state index in [0.29, 0.717) is 17.1 Å². The molecule has 0 aliphatic carbocycles. The first kappa shape index (κ1) is 17.6. The minimum absolute atomic E-state index is 0.146. The highest BCUT2D eigenvalue weighted by atomic mass is 35.5. The minimum Gasteiger partial charge on any atom is -0.372 e. The fourth-order valence-electron chi connectivity index (χ4n) is 3.28. The molecular formula is C21H21ClN4O. The second-order valence-corrected chi connectivity index (χ2v) is 7.13. The van der Waals surface area contributed by atoms with Gasteiger partial charge in [0.05, 0.1) is 17.4 Å². The molecule has 5 nitrogen and oxygen atoms in total. The summed E-state index contributed by atoms with van der Waals surface area (Å²) in [5.74, 6) is -0.146. The summed E-state index contributed by atoms with van der Waals surface area (Å²) in [6.07, 6.45) is 5.80. The van der Waals surface area contributed by atoms with Crippen LogP contribution in [0.15, 0.2) is 60.9 Å². The van der Waals surface area contributed by atoms with E-state index < -0.39 is 0 Å². The van der Waals surface area contributed by atoms with E-state index in [1.807, 2.05) is 12.1 Å². The number of benzene rings is 2. The van der Waals surface area contributed by atoms with Gasteiger partial charge in [-0.05, 0) is 48.7 Å². The molecule has 4 rings (SSSR count). The molecule has 3 aromatic rings. The number of rotatable bonds is 5. The average molecular weight is 381 g/mol. The number of aromatic nitrogens is 2. The Kier molecular flexibility index (Phi) is 5.12. The van der Waals surface area contributed by atoms with Crippen molar-refractivity contribution in [1.82, 2.24) is 15.1 Å². The van der Waals surface area contributed by atoms with Crippen LogP contribution in [0.25, 0.3) is 5.69 Å². The number of anilines is 1. The molecule has 2 aromatic carbocycles. The third-order valence-electron chi connectivity index (χ3n) is 4.78. The van der Waals surface area contributed by atoms with Gasteiger partial charge in [-0.2, -0.15) is 5.10 Å². The van der Waals surface area contributed by atoms with Crippen LogP contribution in [0.1, 0.15) is 28.8 Å². The summed E-state index contributed by atoms with van der Waals surface area (Å²) in [6.45, 7) is 2.75. The zero-order valence-electron chi connectivity index (χ0n) is 14.9. The van der Waals surface area contributed by atoms with E-state index in [0.717, 1.165) is 24.3 Å². The fourth-order valence-corrected chi connectivity index (χ4v) is 3.47. The van der Waals surface area contributed by atoms with E-state index in [1.54, 1.807) is 29.2 Å². The van der Waals surface area contributed by atoms with E-state index in [9.17, 15) is 4.79 Å². The Morgan fingerprint density at radius 1 is 1.07 bits per heavy atom. The summed E-state index contributed by atoms with van der Waals surface area (Å²) in [6, 6.07) is 15.8. The lowest BCUT2D eigenvalue weighted by Crippen LogP contribution is -2.22. The summed E-state index contributed by atoms with van der Waals surface area (Å²) in [7, 11) is 0. The summed E-state index contributed by atoms with van der Waals surface area (Å²) in [5, 5.41) is 7.83. The van der Waals surface area contributed by atoms with Crippen LogP contribution in [0.2, 0.25) is 5.02 Å². The molecule has 0 unspecified atom stereocenters. The number of carbonyl (C=O) groups is 1. The maximum Gasteiger partial charge on any atom is 0.254 e. The van der Waals surface area contributed by atoms with Crippen LogP contribution in [0.4, 0.5) is 5.69 Å². The van der Waals surface area contributed by atoms with Gasteiger partial charge in [0.15, 0.2) is 0 Å². The maximum atomic E-state index is 12.4. The average Bonchev–Trinajstić information content (AvgIpc) is 3.38. The molecule has 6 heteroatoms. The van der Waals surface area contributed by atoms with Crippen molar-refractivity contribution in [1.29, 1.82) is 0 Å². The minimum atomic E-state index is -0.146. The Bertz CT molecular complexity index is 929. The Hall–Kier alpha value is -2.79. The largest absolute Gasteiger partial charge is 0.372 e. The topological polar surface area (TPSA) is 50.2 Å². The van der Waals surface area contributed by atoms with Crippen molar-refractivity contribution in [3.8, 4) is 5.69 Å². The molecule has 1 aliphatic rings. The number of amides is 1. The smallest absolute Gasteiger partial charge is 0.254 e. The zero-order chi connectivity index (χ0) is 18.6. The molecule has 0 spiro atoms. The number of hydrogen-bond donors (Lipinski definition) is 1. The van der Waals surface area contributed by atoms with Crippen molar-refractivity contribution in [2.24, 2.45) is 0 Å². The van der Waals surface area contributed by atoms with Gasteiger partial charge in [0.2, 0.25) is 0 Å². The van der Waals surface area contributed by atoms with E-state index in [1.165, 1.54) is 18.5 Å². The predicted octanol–water partition coefficient (Wildman–Crippen LogP) is 4.06. The highest BCUT2D eigenvalue weighted by Gasteiger charge is 2.12. The van der Waals surface area contributed by atoms with Crippen molar-refractivity contribution < 1.29 is 4.79 Å². The van der Waals surface area contributed by atoms with Crippen LogP contribution < -0.4 is 10.2 Å². The van der Waals surface area contributed by atoms with Crippen molar-refractivity contribution in [3.05, 3.63) is 77.1 Å². The summed E-state index contributed by atoms with van der Waals surface area (Å²) in [4.78, 5) is 14.8. The highest BCUT2D eigenvalue weighted by molar-refractivity contribution is 6.30. The third-order valence-corrected chi connectivity index (χ3v) is 5.01. The summed E-state index contributed by atoms with van der Waals surface area (Å²) < 4.78 is 1.64. The molecule has 138 valence electrons.